The van der Waals surface area contributed by atoms with Crippen LogP contribution in [0.15, 0.2) is 32.8 Å². The van der Waals surface area contributed by atoms with Crippen molar-refractivity contribution in [2.45, 2.75) is 54.1 Å². The van der Waals surface area contributed by atoms with Gasteiger partial charge in [0.15, 0.2) is 4.34 Å². The van der Waals surface area contributed by atoms with Gasteiger partial charge in [-0.2, -0.15) is 13.2 Å². The van der Waals surface area contributed by atoms with Crippen molar-refractivity contribution in [3.05, 3.63) is 45.0 Å². The number of benzene rings is 1. The predicted molar refractivity (Wildman–Crippen MR) is 103 cm³/mol. The van der Waals surface area contributed by atoms with Crippen LogP contribution in [0.3, 0.4) is 0 Å². The zero-order chi connectivity index (χ0) is 21.2. The second-order valence-corrected chi connectivity index (χ2v) is 9.02. The summed E-state index contributed by atoms with van der Waals surface area (Å²) in [6.45, 7) is 1.82. The van der Waals surface area contributed by atoms with Crippen molar-refractivity contribution >= 4 is 34.7 Å². The molecule has 2 unspecified atom stereocenters. The van der Waals surface area contributed by atoms with E-state index in [1.807, 2.05) is 12.3 Å². The van der Waals surface area contributed by atoms with Crippen LogP contribution < -0.4 is 5.32 Å². The maximum absolute atomic E-state index is 12.9. The molecule has 1 aromatic carbocycles. The molecule has 3 rings (SSSR count). The molecule has 29 heavy (non-hydrogen) atoms. The Morgan fingerprint density at radius 1 is 1.38 bits per heavy atom. The highest BCUT2D eigenvalue weighted by Gasteiger charge is 2.42. The summed E-state index contributed by atoms with van der Waals surface area (Å²) in [5, 5.41) is 15.9. The number of carbonyl (C=O) groups excluding carboxylic acids is 1. The number of amides is 1. The minimum Gasteiger partial charge on any atom is -0.349 e. The molecular formula is C18H18F3N3O3S2. The van der Waals surface area contributed by atoms with E-state index in [4.69, 9.17) is 0 Å². The van der Waals surface area contributed by atoms with Crippen LogP contribution in [0, 0.1) is 23.0 Å². The topological polar surface area (TPSA) is 85.1 Å². The summed E-state index contributed by atoms with van der Waals surface area (Å²) >= 11 is 2.49. The Morgan fingerprint density at radius 3 is 2.76 bits per heavy atom. The molecule has 0 aliphatic heterocycles. The van der Waals surface area contributed by atoms with Crippen LogP contribution >= 0.6 is 23.1 Å². The van der Waals surface area contributed by atoms with Gasteiger partial charge in [-0.05, 0) is 38.3 Å². The summed E-state index contributed by atoms with van der Waals surface area (Å²) < 4.78 is 39.5. The lowest BCUT2D eigenvalue weighted by Gasteiger charge is -2.31. The Morgan fingerprint density at radius 2 is 2.14 bits per heavy atom. The standard InChI is InChI=1S/C18H18F3N3O3S2/c1-10-9-28-17(22-10)29-15-6-5-11(7-14(15)24(26)27)16(25)23-13-4-2-3-12(8-13)18(19,20)21/h5-7,9,12-13H,2-4,8H2,1H3,(H,23,25). The summed E-state index contributed by atoms with van der Waals surface area (Å²) in [6, 6.07) is 3.46. The van der Waals surface area contributed by atoms with Crippen molar-refractivity contribution in [3.63, 3.8) is 0 Å². The molecule has 1 saturated carbocycles. The number of nitro benzene ring substituents is 1. The van der Waals surface area contributed by atoms with E-state index in [0.717, 1.165) is 23.5 Å². The van der Waals surface area contributed by atoms with E-state index in [2.05, 4.69) is 10.3 Å². The minimum absolute atomic E-state index is 0.0468. The quantitative estimate of drug-likeness (QED) is 0.495. The normalized spacial score (nSPS) is 19.7. The second-order valence-electron chi connectivity index (χ2n) is 6.87. The van der Waals surface area contributed by atoms with Crippen LogP contribution in [-0.4, -0.2) is 28.0 Å². The average molecular weight is 445 g/mol. The summed E-state index contributed by atoms with van der Waals surface area (Å²) in [5.41, 5.74) is 0.610. The Labute approximate surface area is 173 Å². The van der Waals surface area contributed by atoms with Crippen molar-refractivity contribution < 1.29 is 22.9 Å². The summed E-state index contributed by atoms with van der Waals surface area (Å²) in [7, 11) is 0. The number of hydrogen-bond acceptors (Lipinski definition) is 6. The van der Waals surface area contributed by atoms with Gasteiger partial charge in [-0.15, -0.1) is 11.3 Å². The lowest BCUT2D eigenvalue weighted by atomic mass is 9.85. The number of aromatic nitrogens is 1. The van der Waals surface area contributed by atoms with Gasteiger partial charge in [-0.25, -0.2) is 4.98 Å². The van der Waals surface area contributed by atoms with Gasteiger partial charge in [0.1, 0.15) is 0 Å². The average Bonchev–Trinajstić information content (AvgIpc) is 3.06. The molecule has 6 nitrogen and oxygen atoms in total. The van der Waals surface area contributed by atoms with Crippen LogP contribution in [0.2, 0.25) is 0 Å². The molecular weight excluding hydrogens is 427 g/mol. The van der Waals surface area contributed by atoms with E-state index < -0.39 is 29.0 Å². The number of nitrogens with one attached hydrogen (secondary N) is 1. The Balaban J connectivity index is 1.73. The van der Waals surface area contributed by atoms with Crippen molar-refractivity contribution in [1.29, 1.82) is 0 Å². The molecule has 2 atom stereocenters. The number of nitrogens with zero attached hydrogens (tertiary/aromatic N) is 2. The van der Waals surface area contributed by atoms with Gasteiger partial charge in [-0.1, -0.05) is 18.2 Å². The molecule has 2 aromatic rings. The maximum Gasteiger partial charge on any atom is 0.391 e. The van der Waals surface area contributed by atoms with E-state index in [-0.39, 0.29) is 24.1 Å². The highest BCUT2D eigenvalue weighted by Crippen LogP contribution is 2.38. The molecule has 1 aliphatic carbocycles. The number of hydrogen-bond donors (Lipinski definition) is 1. The van der Waals surface area contributed by atoms with Crippen LogP contribution in [0.25, 0.3) is 0 Å². The Bertz CT molecular complexity index is 917. The fourth-order valence-electron chi connectivity index (χ4n) is 3.25. The first-order chi connectivity index (χ1) is 13.6. The molecule has 1 heterocycles. The molecule has 1 aromatic heterocycles. The first kappa shape index (κ1) is 21.6. The predicted octanol–water partition coefficient (Wildman–Crippen LogP) is 5.36. The van der Waals surface area contributed by atoms with Gasteiger partial charge >= 0.3 is 6.18 Å². The third kappa shape index (κ3) is 5.47. The Hall–Kier alpha value is -2.14. The molecule has 11 heteroatoms. The summed E-state index contributed by atoms with van der Waals surface area (Å²) in [6.07, 6.45) is -3.57. The zero-order valence-corrected chi connectivity index (χ0v) is 17.0. The number of aryl methyl sites for hydroxylation is 1. The number of alkyl halides is 3. The van der Waals surface area contributed by atoms with E-state index >= 15 is 0 Å². The fourth-order valence-corrected chi connectivity index (χ4v) is 5.13. The summed E-state index contributed by atoms with van der Waals surface area (Å²) in [4.78, 5) is 28.0. The lowest BCUT2D eigenvalue weighted by molar-refractivity contribution is -0.387. The molecule has 0 saturated heterocycles. The van der Waals surface area contributed by atoms with E-state index in [1.165, 1.54) is 23.5 Å². The molecule has 0 spiro atoms. The maximum atomic E-state index is 12.9. The van der Waals surface area contributed by atoms with E-state index in [9.17, 15) is 28.1 Å². The van der Waals surface area contributed by atoms with Gasteiger partial charge in [-0.3, -0.25) is 14.9 Å². The minimum atomic E-state index is -4.28. The van der Waals surface area contributed by atoms with Crippen LogP contribution in [-0.2, 0) is 0 Å². The first-order valence-electron chi connectivity index (χ1n) is 8.89. The summed E-state index contributed by atoms with van der Waals surface area (Å²) in [5.74, 6) is -2.04. The number of rotatable bonds is 5. The monoisotopic (exact) mass is 445 g/mol. The van der Waals surface area contributed by atoms with Crippen molar-refractivity contribution in [2.75, 3.05) is 0 Å². The fraction of sp³-hybridized carbons (Fsp3) is 0.444. The van der Waals surface area contributed by atoms with E-state index in [0.29, 0.717) is 22.1 Å². The SMILES string of the molecule is Cc1csc(Sc2ccc(C(=O)NC3CCCC(C(F)(F)F)C3)cc2[N+](=O)[O-])n1. The third-order valence-corrected chi connectivity index (χ3v) is 6.81. The highest BCUT2D eigenvalue weighted by molar-refractivity contribution is 8.01. The van der Waals surface area contributed by atoms with Gasteiger partial charge in [0.2, 0.25) is 0 Å². The molecule has 1 N–H and O–H groups in total. The molecule has 0 radical (unpaired) electrons. The van der Waals surface area contributed by atoms with E-state index in [1.54, 1.807) is 0 Å². The number of thiazole rings is 1. The number of nitro groups is 1. The number of halogens is 3. The van der Waals surface area contributed by atoms with Gasteiger partial charge in [0.05, 0.1) is 15.7 Å². The second kappa shape index (κ2) is 8.70. The zero-order valence-electron chi connectivity index (χ0n) is 15.4. The molecule has 1 amide bonds. The largest absolute Gasteiger partial charge is 0.391 e. The molecule has 1 fully saturated rings. The van der Waals surface area contributed by atoms with Gasteiger partial charge in [0.25, 0.3) is 11.6 Å². The third-order valence-electron chi connectivity index (χ3n) is 4.69. The van der Waals surface area contributed by atoms with Crippen LogP contribution in [0.1, 0.15) is 41.7 Å². The number of carbonyl (C=O) groups is 1. The van der Waals surface area contributed by atoms with Crippen LogP contribution in [0.4, 0.5) is 18.9 Å². The smallest absolute Gasteiger partial charge is 0.349 e. The Kier molecular flexibility index (Phi) is 6.47. The van der Waals surface area contributed by atoms with Crippen molar-refractivity contribution in [1.82, 2.24) is 10.3 Å². The van der Waals surface area contributed by atoms with Crippen molar-refractivity contribution in [2.24, 2.45) is 5.92 Å². The highest BCUT2D eigenvalue weighted by atomic mass is 32.2. The van der Waals surface area contributed by atoms with Crippen LogP contribution in [0.5, 0.6) is 0 Å². The molecule has 0 bridgehead atoms. The van der Waals surface area contributed by atoms with Crippen molar-refractivity contribution in [3.8, 4) is 0 Å². The first-order valence-corrected chi connectivity index (χ1v) is 10.6. The molecule has 156 valence electrons. The van der Waals surface area contributed by atoms with Gasteiger partial charge in [0, 0.05) is 28.7 Å². The van der Waals surface area contributed by atoms with Gasteiger partial charge < -0.3 is 5.32 Å². The lowest BCUT2D eigenvalue weighted by Crippen LogP contribution is -2.41. The molecule has 1 aliphatic rings.